The number of aromatic nitrogens is 1. The van der Waals surface area contributed by atoms with Gasteiger partial charge in [-0.2, -0.15) is 0 Å². The Morgan fingerprint density at radius 3 is 2.76 bits per heavy atom. The van der Waals surface area contributed by atoms with Crippen LogP contribution >= 0.6 is 0 Å². The number of aliphatic hydroxyl groups is 1. The Hall–Kier alpha value is -3.26. The molecule has 1 saturated heterocycles. The fourth-order valence-electron chi connectivity index (χ4n) is 6.97. The minimum Gasteiger partial charge on any atom is -0.465 e. The third kappa shape index (κ3) is 5.12. The van der Waals surface area contributed by atoms with Crippen LogP contribution in [-0.4, -0.2) is 57.5 Å². The number of hydrogen-bond donors (Lipinski definition) is 2. The number of esters is 1. The topological polar surface area (TPSA) is 100.0 Å². The van der Waals surface area contributed by atoms with Crippen molar-refractivity contribution in [3.05, 3.63) is 60.2 Å². The van der Waals surface area contributed by atoms with Gasteiger partial charge in [0.15, 0.2) is 0 Å². The van der Waals surface area contributed by atoms with E-state index in [2.05, 4.69) is 11.1 Å². The Bertz CT molecular complexity index is 1170. The summed E-state index contributed by atoms with van der Waals surface area (Å²) in [5.41, 5.74) is 2.39. The Labute approximate surface area is 216 Å². The van der Waals surface area contributed by atoms with Crippen molar-refractivity contribution in [1.29, 1.82) is 0 Å². The van der Waals surface area contributed by atoms with Crippen LogP contribution in [0.3, 0.4) is 0 Å². The van der Waals surface area contributed by atoms with Gasteiger partial charge < -0.3 is 19.8 Å². The molecule has 1 aromatic carbocycles. The Kier molecular flexibility index (Phi) is 7.29. The first kappa shape index (κ1) is 25.4. The van der Waals surface area contributed by atoms with E-state index in [1.165, 1.54) is 17.0 Å². The molecule has 1 unspecified atom stereocenters. The fourth-order valence-corrected chi connectivity index (χ4v) is 6.97. The smallest absolute Gasteiger partial charge is 0.407 e. The zero-order valence-corrected chi connectivity index (χ0v) is 20.9. The third-order valence-corrected chi connectivity index (χ3v) is 8.58. The van der Waals surface area contributed by atoms with Crippen LogP contribution in [0.1, 0.15) is 38.3 Å². The molecule has 196 valence electrons. The molecule has 0 radical (unpaired) electrons. The Morgan fingerprint density at radius 2 is 2.05 bits per heavy atom. The monoisotopic (exact) mass is 508 g/mol. The number of nitrogens with zero attached hydrogens (tertiary/aromatic N) is 2. The normalized spacial score (nSPS) is 31.0. The highest BCUT2D eigenvalue weighted by Crippen LogP contribution is 2.54. The number of allylic oxidation sites excluding steroid dienone is 1. The molecule has 2 aliphatic carbocycles. The molecule has 2 aromatic rings. The summed E-state index contributed by atoms with van der Waals surface area (Å²) in [6.07, 6.45) is 7.71. The van der Waals surface area contributed by atoms with E-state index < -0.39 is 6.09 Å². The van der Waals surface area contributed by atoms with Gasteiger partial charge in [-0.3, -0.25) is 9.78 Å². The van der Waals surface area contributed by atoms with Gasteiger partial charge in [0.1, 0.15) is 11.9 Å². The summed E-state index contributed by atoms with van der Waals surface area (Å²) in [6, 6.07) is 10.1. The average molecular weight is 509 g/mol. The number of halogens is 1. The molecule has 2 heterocycles. The highest BCUT2D eigenvalue weighted by atomic mass is 19.1. The van der Waals surface area contributed by atoms with Crippen molar-refractivity contribution in [2.24, 2.45) is 29.6 Å². The van der Waals surface area contributed by atoms with Crippen molar-refractivity contribution in [1.82, 2.24) is 9.88 Å². The lowest BCUT2D eigenvalue weighted by atomic mass is 9.56. The van der Waals surface area contributed by atoms with Crippen LogP contribution in [-0.2, 0) is 9.53 Å². The standard InChI is InChI=1S/C29H33FN2O5/c1-17-27-25(9-7-22-6-5-19(16-31-22)18-3-2-4-21(30)13-18)24-10-8-23(32(11-12-33)29(35)36)14-20(24)15-26(27)28(34)37-17/h2-7,9,13,16-17,20,23-27,33H,8,10-12,14-15H2,1H3,(H,35,36)/t17-,20+,23-,24?,25+,26-,27+/m1/s1. The lowest BCUT2D eigenvalue weighted by molar-refractivity contribution is -0.144. The first-order valence-corrected chi connectivity index (χ1v) is 13.1. The molecule has 7 nitrogen and oxygen atoms in total. The number of carbonyl (C=O) groups excluding carboxylic acids is 1. The lowest BCUT2D eigenvalue weighted by Gasteiger charge is -2.49. The van der Waals surface area contributed by atoms with Gasteiger partial charge in [-0.15, -0.1) is 0 Å². The van der Waals surface area contributed by atoms with Crippen LogP contribution in [0.15, 0.2) is 48.7 Å². The molecular formula is C29H33FN2O5. The predicted molar refractivity (Wildman–Crippen MR) is 136 cm³/mol. The quantitative estimate of drug-likeness (QED) is 0.541. The molecule has 2 N–H and O–H groups in total. The molecule has 3 fully saturated rings. The third-order valence-electron chi connectivity index (χ3n) is 8.58. The highest BCUT2D eigenvalue weighted by molar-refractivity contribution is 5.75. The molecule has 1 aliphatic heterocycles. The number of benzene rings is 1. The molecule has 1 amide bonds. The molecule has 37 heavy (non-hydrogen) atoms. The van der Waals surface area contributed by atoms with Crippen LogP contribution in [0.25, 0.3) is 17.2 Å². The number of rotatable bonds is 6. The number of amides is 1. The second kappa shape index (κ2) is 10.6. The Balaban J connectivity index is 1.37. The van der Waals surface area contributed by atoms with Gasteiger partial charge in [-0.05, 0) is 80.2 Å². The van der Waals surface area contributed by atoms with E-state index in [0.29, 0.717) is 18.8 Å². The predicted octanol–water partition coefficient (Wildman–Crippen LogP) is 4.86. The fraction of sp³-hybridized carbons (Fsp3) is 0.483. The molecule has 5 rings (SSSR count). The molecule has 7 atom stereocenters. The number of carboxylic acid groups (broad SMARTS) is 1. The van der Waals surface area contributed by atoms with Crippen molar-refractivity contribution in [3.8, 4) is 11.1 Å². The van der Waals surface area contributed by atoms with Gasteiger partial charge in [0.2, 0.25) is 0 Å². The van der Waals surface area contributed by atoms with Crippen molar-refractivity contribution in [3.63, 3.8) is 0 Å². The van der Waals surface area contributed by atoms with Crippen molar-refractivity contribution < 1.29 is 28.9 Å². The van der Waals surface area contributed by atoms with Crippen LogP contribution in [0.2, 0.25) is 0 Å². The largest absolute Gasteiger partial charge is 0.465 e. The second-order valence-corrected chi connectivity index (χ2v) is 10.6. The van der Waals surface area contributed by atoms with E-state index in [-0.39, 0.29) is 60.8 Å². The van der Waals surface area contributed by atoms with Crippen LogP contribution in [0, 0.1) is 35.4 Å². The minimum atomic E-state index is -1.01. The molecule has 1 aromatic heterocycles. The average Bonchev–Trinajstić information content (AvgIpc) is 3.17. The number of carbonyl (C=O) groups is 2. The molecule has 3 aliphatic rings. The maximum absolute atomic E-state index is 13.6. The molecule has 0 bridgehead atoms. The number of ether oxygens (including phenoxy) is 1. The van der Waals surface area contributed by atoms with Crippen LogP contribution in [0.4, 0.5) is 9.18 Å². The summed E-state index contributed by atoms with van der Waals surface area (Å²) in [5, 5.41) is 19.0. The van der Waals surface area contributed by atoms with E-state index in [1.807, 2.05) is 31.2 Å². The number of fused-ring (bicyclic) bond motifs is 2. The van der Waals surface area contributed by atoms with E-state index in [4.69, 9.17) is 4.74 Å². The van der Waals surface area contributed by atoms with Gasteiger partial charge in [0.05, 0.1) is 18.2 Å². The van der Waals surface area contributed by atoms with Gasteiger partial charge in [-0.25, -0.2) is 9.18 Å². The minimum absolute atomic E-state index is 0.0844. The summed E-state index contributed by atoms with van der Waals surface area (Å²) in [4.78, 5) is 30.4. The molecule has 0 spiro atoms. The lowest BCUT2D eigenvalue weighted by Crippen LogP contribution is -2.50. The van der Waals surface area contributed by atoms with E-state index in [0.717, 1.165) is 29.7 Å². The van der Waals surface area contributed by atoms with E-state index >= 15 is 0 Å². The summed E-state index contributed by atoms with van der Waals surface area (Å²) < 4.78 is 19.3. The van der Waals surface area contributed by atoms with Gasteiger partial charge >= 0.3 is 12.1 Å². The van der Waals surface area contributed by atoms with Gasteiger partial charge in [0, 0.05) is 30.3 Å². The molecule has 8 heteroatoms. The summed E-state index contributed by atoms with van der Waals surface area (Å²) in [6.45, 7) is 1.86. The zero-order valence-electron chi connectivity index (χ0n) is 20.9. The van der Waals surface area contributed by atoms with E-state index in [1.54, 1.807) is 12.3 Å². The second-order valence-electron chi connectivity index (χ2n) is 10.6. The summed E-state index contributed by atoms with van der Waals surface area (Å²) >= 11 is 0. The maximum Gasteiger partial charge on any atom is 0.407 e. The molecule has 2 saturated carbocycles. The maximum atomic E-state index is 13.6. The van der Waals surface area contributed by atoms with Gasteiger partial charge in [0.25, 0.3) is 0 Å². The van der Waals surface area contributed by atoms with Crippen LogP contribution in [0.5, 0.6) is 0 Å². The number of pyridine rings is 1. The highest BCUT2D eigenvalue weighted by Gasteiger charge is 2.55. The first-order chi connectivity index (χ1) is 17.9. The number of aliphatic hydroxyl groups excluding tert-OH is 1. The van der Waals surface area contributed by atoms with Gasteiger partial charge in [-0.1, -0.05) is 24.3 Å². The van der Waals surface area contributed by atoms with Crippen LogP contribution < -0.4 is 0 Å². The summed E-state index contributed by atoms with van der Waals surface area (Å²) in [7, 11) is 0. The van der Waals surface area contributed by atoms with Crippen molar-refractivity contribution in [2.75, 3.05) is 13.2 Å². The first-order valence-electron chi connectivity index (χ1n) is 13.1. The summed E-state index contributed by atoms with van der Waals surface area (Å²) in [5.74, 6) is 0.0953. The number of hydrogen-bond acceptors (Lipinski definition) is 5. The zero-order chi connectivity index (χ0) is 26.1. The van der Waals surface area contributed by atoms with Crippen molar-refractivity contribution >= 4 is 18.1 Å². The van der Waals surface area contributed by atoms with Crippen molar-refractivity contribution in [2.45, 2.75) is 44.8 Å². The Morgan fingerprint density at radius 1 is 1.22 bits per heavy atom. The number of cyclic esters (lactones) is 1. The SMILES string of the molecule is C[C@H]1OC(=O)[C@@H]2C[C@@H]3C[C@H](N(CCO)C(=O)O)CCC3[C@H](C=Cc3ccc(-c4cccc(F)c4)cn3)[C@H]12. The van der Waals surface area contributed by atoms with E-state index in [9.17, 15) is 24.2 Å². The molecular weight excluding hydrogens is 475 g/mol.